The molecule has 4 nitrogen and oxygen atoms in total. The summed E-state index contributed by atoms with van der Waals surface area (Å²) < 4.78 is 4.77. The highest BCUT2D eigenvalue weighted by Crippen LogP contribution is 2.60. The van der Waals surface area contributed by atoms with E-state index in [2.05, 4.69) is 5.48 Å². The van der Waals surface area contributed by atoms with Crippen LogP contribution in [0.1, 0.15) is 38.5 Å². The van der Waals surface area contributed by atoms with Crippen molar-refractivity contribution >= 4 is 5.91 Å². The lowest BCUT2D eigenvalue weighted by molar-refractivity contribution is -0.168. The molecule has 0 atom stereocenters. The Hall–Kier alpha value is -0.610. The number of hydrogen-bond donors (Lipinski definition) is 1. The monoisotopic (exact) mass is 239 g/mol. The van der Waals surface area contributed by atoms with Gasteiger partial charge < -0.3 is 4.74 Å². The first-order chi connectivity index (χ1) is 8.22. The standard InChI is InChI=1S/C13H21NO3/c1-16-8-17-14-12(15)13-5-9-2-10(6-13)4-11(3-9)7-13/h9-11H,2-8H2,1H3,(H,14,15). The van der Waals surface area contributed by atoms with Crippen LogP contribution < -0.4 is 5.48 Å². The van der Waals surface area contributed by atoms with Gasteiger partial charge in [0.25, 0.3) is 0 Å². The molecule has 4 fully saturated rings. The molecule has 0 spiro atoms. The zero-order valence-electron chi connectivity index (χ0n) is 10.4. The van der Waals surface area contributed by atoms with Gasteiger partial charge in [-0.25, -0.2) is 10.3 Å². The molecule has 4 heteroatoms. The van der Waals surface area contributed by atoms with E-state index in [9.17, 15) is 4.79 Å². The lowest BCUT2D eigenvalue weighted by atomic mass is 9.49. The van der Waals surface area contributed by atoms with Gasteiger partial charge in [-0.1, -0.05) is 0 Å². The van der Waals surface area contributed by atoms with Crippen molar-refractivity contribution in [2.45, 2.75) is 38.5 Å². The van der Waals surface area contributed by atoms with Crippen molar-refractivity contribution in [2.24, 2.45) is 23.2 Å². The van der Waals surface area contributed by atoms with Gasteiger partial charge in [0.2, 0.25) is 5.91 Å². The number of methoxy groups -OCH3 is 1. The number of hydroxylamine groups is 1. The van der Waals surface area contributed by atoms with Crippen LogP contribution >= 0.6 is 0 Å². The van der Waals surface area contributed by atoms with E-state index in [1.165, 1.54) is 19.3 Å². The van der Waals surface area contributed by atoms with Crippen molar-refractivity contribution in [3.8, 4) is 0 Å². The Morgan fingerprint density at radius 1 is 1.18 bits per heavy atom. The summed E-state index contributed by atoms with van der Waals surface area (Å²) in [5.74, 6) is 2.45. The maximum atomic E-state index is 12.3. The van der Waals surface area contributed by atoms with E-state index in [0.29, 0.717) is 0 Å². The summed E-state index contributed by atoms with van der Waals surface area (Å²) in [6.07, 6.45) is 7.27. The predicted molar refractivity (Wildman–Crippen MR) is 61.7 cm³/mol. The van der Waals surface area contributed by atoms with Crippen LogP contribution in [0.4, 0.5) is 0 Å². The third-order valence-electron chi connectivity index (χ3n) is 4.86. The minimum atomic E-state index is -0.123. The van der Waals surface area contributed by atoms with Gasteiger partial charge in [0.15, 0.2) is 6.79 Å². The molecular weight excluding hydrogens is 218 g/mol. The fourth-order valence-corrected chi connectivity index (χ4v) is 4.65. The van der Waals surface area contributed by atoms with E-state index in [-0.39, 0.29) is 18.1 Å². The predicted octanol–water partition coefficient (Wildman–Crippen LogP) is 1.85. The Balaban J connectivity index is 1.67. The van der Waals surface area contributed by atoms with E-state index in [1.54, 1.807) is 7.11 Å². The van der Waals surface area contributed by atoms with Gasteiger partial charge in [0.05, 0.1) is 5.41 Å². The summed E-state index contributed by atoms with van der Waals surface area (Å²) in [7, 11) is 1.55. The molecular formula is C13H21NO3. The Kier molecular flexibility index (Phi) is 2.87. The van der Waals surface area contributed by atoms with Crippen LogP contribution in [0, 0.1) is 23.2 Å². The number of rotatable bonds is 4. The Labute approximate surface area is 102 Å². The average Bonchev–Trinajstić information content (AvgIpc) is 2.27. The van der Waals surface area contributed by atoms with Crippen LogP contribution in [0.25, 0.3) is 0 Å². The molecule has 4 aliphatic rings. The number of amides is 1. The molecule has 0 heterocycles. The van der Waals surface area contributed by atoms with Crippen LogP contribution in [-0.4, -0.2) is 19.8 Å². The molecule has 4 bridgehead atoms. The number of carbonyl (C=O) groups excluding carboxylic acids is 1. The number of hydrogen-bond acceptors (Lipinski definition) is 3. The van der Waals surface area contributed by atoms with Gasteiger partial charge >= 0.3 is 0 Å². The molecule has 4 aliphatic carbocycles. The zero-order chi connectivity index (χ0) is 11.9. The molecule has 0 aromatic rings. The second-order valence-corrected chi connectivity index (χ2v) is 6.18. The van der Waals surface area contributed by atoms with Gasteiger partial charge in [0, 0.05) is 7.11 Å². The van der Waals surface area contributed by atoms with Gasteiger partial charge in [0.1, 0.15) is 0 Å². The summed E-state index contributed by atoms with van der Waals surface area (Å²) in [4.78, 5) is 17.3. The highest BCUT2D eigenvalue weighted by molar-refractivity contribution is 5.82. The number of ether oxygens (including phenoxy) is 1. The maximum absolute atomic E-state index is 12.3. The van der Waals surface area contributed by atoms with Crippen LogP contribution in [-0.2, 0) is 14.4 Å². The first kappa shape index (κ1) is 11.5. The summed E-state index contributed by atoms with van der Waals surface area (Å²) in [6, 6.07) is 0. The Morgan fingerprint density at radius 2 is 1.71 bits per heavy atom. The SMILES string of the molecule is COCONC(=O)C12CC3CC(CC(C3)C1)C2. The molecule has 0 unspecified atom stereocenters. The topological polar surface area (TPSA) is 47.6 Å². The zero-order valence-corrected chi connectivity index (χ0v) is 10.4. The molecule has 1 amide bonds. The normalized spacial score (nSPS) is 42.8. The van der Waals surface area contributed by atoms with Crippen molar-refractivity contribution in [3.63, 3.8) is 0 Å². The lowest BCUT2D eigenvalue weighted by Crippen LogP contribution is -2.53. The fraction of sp³-hybridized carbons (Fsp3) is 0.923. The number of carbonyl (C=O) groups is 1. The largest absolute Gasteiger partial charge is 0.356 e. The molecule has 4 rings (SSSR count). The highest BCUT2D eigenvalue weighted by atomic mass is 16.8. The first-order valence-electron chi connectivity index (χ1n) is 6.63. The van der Waals surface area contributed by atoms with Crippen LogP contribution in [0.3, 0.4) is 0 Å². The van der Waals surface area contributed by atoms with E-state index >= 15 is 0 Å². The molecule has 0 saturated heterocycles. The van der Waals surface area contributed by atoms with E-state index in [1.807, 2.05) is 0 Å². The van der Waals surface area contributed by atoms with E-state index in [4.69, 9.17) is 9.57 Å². The van der Waals surface area contributed by atoms with Gasteiger partial charge in [-0.3, -0.25) is 4.79 Å². The van der Waals surface area contributed by atoms with E-state index < -0.39 is 0 Å². The minimum Gasteiger partial charge on any atom is -0.356 e. The molecule has 0 aromatic heterocycles. The fourth-order valence-electron chi connectivity index (χ4n) is 4.65. The Morgan fingerprint density at radius 3 is 2.18 bits per heavy atom. The lowest BCUT2D eigenvalue weighted by Gasteiger charge is -2.55. The van der Waals surface area contributed by atoms with E-state index in [0.717, 1.165) is 37.0 Å². The quantitative estimate of drug-likeness (QED) is 0.463. The molecule has 17 heavy (non-hydrogen) atoms. The summed E-state index contributed by atoms with van der Waals surface area (Å²) in [5, 5.41) is 0. The molecule has 4 saturated carbocycles. The minimum absolute atomic E-state index is 0.0913. The Bertz CT molecular complexity index is 281. The van der Waals surface area contributed by atoms with Crippen LogP contribution in [0.2, 0.25) is 0 Å². The third kappa shape index (κ3) is 1.97. The van der Waals surface area contributed by atoms with Crippen molar-refractivity contribution in [1.82, 2.24) is 5.48 Å². The van der Waals surface area contributed by atoms with Gasteiger partial charge in [-0.2, -0.15) is 0 Å². The smallest absolute Gasteiger partial charge is 0.249 e. The molecule has 96 valence electrons. The highest BCUT2D eigenvalue weighted by Gasteiger charge is 2.54. The maximum Gasteiger partial charge on any atom is 0.249 e. The van der Waals surface area contributed by atoms with Gasteiger partial charge in [-0.05, 0) is 56.3 Å². The number of nitrogens with one attached hydrogen (secondary N) is 1. The van der Waals surface area contributed by atoms with Crippen molar-refractivity contribution in [1.29, 1.82) is 0 Å². The van der Waals surface area contributed by atoms with Crippen molar-refractivity contribution < 1.29 is 14.4 Å². The second-order valence-electron chi connectivity index (χ2n) is 6.18. The van der Waals surface area contributed by atoms with Crippen molar-refractivity contribution in [2.75, 3.05) is 13.9 Å². The van der Waals surface area contributed by atoms with Gasteiger partial charge in [-0.15, -0.1) is 0 Å². The average molecular weight is 239 g/mol. The summed E-state index contributed by atoms with van der Waals surface area (Å²) in [5.41, 5.74) is 2.45. The summed E-state index contributed by atoms with van der Waals surface area (Å²) in [6.45, 7) is 0.123. The first-order valence-corrected chi connectivity index (χ1v) is 6.63. The molecule has 0 aliphatic heterocycles. The second kappa shape index (κ2) is 4.25. The van der Waals surface area contributed by atoms with Crippen LogP contribution in [0.15, 0.2) is 0 Å². The summed E-state index contributed by atoms with van der Waals surface area (Å²) >= 11 is 0. The molecule has 0 aromatic carbocycles. The van der Waals surface area contributed by atoms with Crippen LogP contribution in [0.5, 0.6) is 0 Å². The van der Waals surface area contributed by atoms with Crippen molar-refractivity contribution in [3.05, 3.63) is 0 Å². The molecule has 1 N–H and O–H groups in total. The molecule has 0 radical (unpaired) electrons. The third-order valence-corrected chi connectivity index (χ3v) is 4.86.